The zero-order chi connectivity index (χ0) is 24.3. The highest BCUT2D eigenvalue weighted by atomic mass is 16.2. The Labute approximate surface area is 209 Å². The summed E-state index contributed by atoms with van der Waals surface area (Å²) in [6.45, 7) is 6.42. The summed E-state index contributed by atoms with van der Waals surface area (Å²) in [5.41, 5.74) is 4.46. The maximum absolute atomic E-state index is 12.8. The molecule has 2 aromatic carbocycles. The summed E-state index contributed by atoms with van der Waals surface area (Å²) in [6.07, 6.45) is 7.45. The molecule has 0 radical (unpaired) electrons. The minimum absolute atomic E-state index is 0.0676. The maximum Gasteiger partial charge on any atom is 0.221 e. The van der Waals surface area contributed by atoms with Gasteiger partial charge in [-0.3, -0.25) is 14.5 Å². The van der Waals surface area contributed by atoms with E-state index in [2.05, 4.69) is 56.8 Å². The van der Waals surface area contributed by atoms with Crippen molar-refractivity contribution in [3.63, 3.8) is 0 Å². The number of para-hydroxylation sites is 1. The van der Waals surface area contributed by atoms with Crippen LogP contribution in [0.4, 0.5) is 11.4 Å². The number of piperidine rings is 1. The fourth-order valence-corrected chi connectivity index (χ4v) is 6.43. The van der Waals surface area contributed by atoms with Crippen molar-refractivity contribution >= 4 is 23.2 Å². The maximum atomic E-state index is 12.8. The van der Waals surface area contributed by atoms with Gasteiger partial charge in [-0.15, -0.1) is 0 Å². The first kappa shape index (κ1) is 23.9. The summed E-state index contributed by atoms with van der Waals surface area (Å²) >= 11 is 0. The molecule has 2 N–H and O–H groups in total. The zero-order valence-corrected chi connectivity index (χ0v) is 20.9. The number of benzene rings is 2. The number of hydrogen-bond donors (Lipinski definition) is 2. The second kappa shape index (κ2) is 10.4. The SMILES string of the molecule is CC(=O)Nc1cccc([C@@H]2CN(Cc3ccccc3N3CCCCC3)C[C@]23CCCCC(=O)N3)c1. The Morgan fingerprint density at radius 2 is 1.89 bits per heavy atom. The van der Waals surface area contributed by atoms with Crippen LogP contribution in [0, 0.1) is 0 Å². The predicted molar refractivity (Wildman–Crippen MR) is 141 cm³/mol. The lowest BCUT2D eigenvalue weighted by molar-refractivity contribution is -0.122. The molecule has 6 nitrogen and oxygen atoms in total. The van der Waals surface area contributed by atoms with Crippen molar-refractivity contribution in [2.45, 2.75) is 69.9 Å². The fraction of sp³-hybridized carbons (Fsp3) is 0.517. The molecule has 3 aliphatic rings. The van der Waals surface area contributed by atoms with Gasteiger partial charge in [-0.05, 0) is 61.4 Å². The van der Waals surface area contributed by atoms with Gasteiger partial charge in [-0.25, -0.2) is 0 Å². The number of rotatable bonds is 5. The molecule has 0 aromatic heterocycles. The largest absolute Gasteiger partial charge is 0.371 e. The number of nitrogens with one attached hydrogen (secondary N) is 2. The molecule has 6 heteroatoms. The number of amides is 2. The molecule has 3 aliphatic heterocycles. The first-order chi connectivity index (χ1) is 17.0. The molecule has 3 heterocycles. The molecular formula is C29H38N4O2. The van der Waals surface area contributed by atoms with Crippen molar-refractivity contribution in [3.05, 3.63) is 59.7 Å². The molecule has 0 saturated carbocycles. The van der Waals surface area contributed by atoms with Crippen LogP contribution in [-0.2, 0) is 16.1 Å². The Bertz CT molecular complexity index is 1060. The highest BCUT2D eigenvalue weighted by Crippen LogP contribution is 2.42. The van der Waals surface area contributed by atoms with Gasteiger partial charge in [0.1, 0.15) is 0 Å². The van der Waals surface area contributed by atoms with E-state index < -0.39 is 0 Å². The van der Waals surface area contributed by atoms with Gasteiger partial charge in [0.15, 0.2) is 0 Å². The van der Waals surface area contributed by atoms with Crippen LogP contribution in [-0.4, -0.2) is 48.4 Å². The van der Waals surface area contributed by atoms with Crippen LogP contribution in [0.2, 0.25) is 0 Å². The van der Waals surface area contributed by atoms with Crippen LogP contribution in [0.3, 0.4) is 0 Å². The first-order valence-electron chi connectivity index (χ1n) is 13.3. The molecule has 2 amide bonds. The standard InChI is InChI=1S/C29H38N4O2/c1-22(34)30-25-12-9-11-23(18-25)26-20-32(21-29(26)15-6-5-14-28(35)31-29)19-24-10-3-4-13-27(24)33-16-7-2-8-17-33/h3-4,9-13,18,26H,2,5-8,14-17,19-21H2,1H3,(H,30,34)(H,31,35)/t26-,29+/m0/s1. The molecule has 3 saturated heterocycles. The Hall–Kier alpha value is -2.86. The number of carbonyl (C=O) groups excluding carboxylic acids is 2. The molecule has 35 heavy (non-hydrogen) atoms. The molecule has 1 spiro atoms. The second-order valence-electron chi connectivity index (χ2n) is 10.6. The smallest absolute Gasteiger partial charge is 0.221 e. The third kappa shape index (κ3) is 5.37. The highest BCUT2D eigenvalue weighted by molar-refractivity contribution is 5.88. The van der Waals surface area contributed by atoms with Gasteiger partial charge >= 0.3 is 0 Å². The first-order valence-corrected chi connectivity index (χ1v) is 13.3. The molecule has 0 bridgehead atoms. The molecular weight excluding hydrogens is 436 g/mol. The van der Waals surface area contributed by atoms with Crippen molar-refractivity contribution in [1.82, 2.24) is 10.2 Å². The van der Waals surface area contributed by atoms with E-state index >= 15 is 0 Å². The van der Waals surface area contributed by atoms with Gasteiger partial charge < -0.3 is 15.5 Å². The Kier molecular flexibility index (Phi) is 7.09. The number of carbonyl (C=O) groups is 2. The molecule has 3 fully saturated rings. The summed E-state index contributed by atoms with van der Waals surface area (Å²) in [7, 11) is 0. The lowest BCUT2D eigenvalue weighted by atomic mass is 9.79. The van der Waals surface area contributed by atoms with E-state index in [1.54, 1.807) is 0 Å². The third-order valence-electron chi connectivity index (χ3n) is 7.97. The van der Waals surface area contributed by atoms with Crippen molar-refractivity contribution in [2.75, 3.05) is 36.4 Å². The summed E-state index contributed by atoms with van der Waals surface area (Å²) in [5.74, 6) is 0.281. The van der Waals surface area contributed by atoms with E-state index in [0.29, 0.717) is 6.42 Å². The van der Waals surface area contributed by atoms with E-state index in [-0.39, 0.29) is 23.3 Å². The van der Waals surface area contributed by atoms with Crippen LogP contribution >= 0.6 is 0 Å². The normalized spacial score (nSPS) is 25.3. The minimum atomic E-state index is -0.275. The molecule has 0 unspecified atom stereocenters. The summed E-state index contributed by atoms with van der Waals surface area (Å²) < 4.78 is 0. The van der Waals surface area contributed by atoms with E-state index in [1.807, 2.05) is 12.1 Å². The number of nitrogens with zero attached hydrogens (tertiary/aromatic N) is 2. The van der Waals surface area contributed by atoms with E-state index in [0.717, 1.165) is 57.7 Å². The summed E-state index contributed by atoms with van der Waals surface area (Å²) in [5, 5.41) is 6.41. The lowest BCUT2D eigenvalue weighted by Crippen LogP contribution is -2.52. The zero-order valence-electron chi connectivity index (χ0n) is 20.9. The van der Waals surface area contributed by atoms with E-state index in [4.69, 9.17) is 0 Å². The number of likely N-dealkylation sites (tertiary alicyclic amines) is 1. The Morgan fingerprint density at radius 1 is 1.06 bits per heavy atom. The lowest BCUT2D eigenvalue weighted by Gasteiger charge is -2.35. The highest BCUT2D eigenvalue weighted by Gasteiger charge is 2.48. The Morgan fingerprint density at radius 3 is 2.71 bits per heavy atom. The van der Waals surface area contributed by atoms with Gasteiger partial charge in [0, 0.05) is 63.4 Å². The minimum Gasteiger partial charge on any atom is -0.371 e. The van der Waals surface area contributed by atoms with Crippen LogP contribution < -0.4 is 15.5 Å². The average molecular weight is 475 g/mol. The van der Waals surface area contributed by atoms with Gasteiger partial charge in [-0.1, -0.05) is 36.8 Å². The van der Waals surface area contributed by atoms with Crippen molar-refractivity contribution < 1.29 is 9.59 Å². The third-order valence-corrected chi connectivity index (χ3v) is 7.97. The second-order valence-corrected chi connectivity index (χ2v) is 10.6. The van der Waals surface area contributed by atoms with Crippen LogP contribution in [0.25, 0.3) is 0 Å². The fourth-order valence-electron chi connectivity index (χ4n) is 6.43. The molecule has 186 valence electrons. The van der Waals surface area contributed by atoms with Crippen LogP contribution in [0.1, 0.15) is 68.9 Å². The van der Waals surface area contributed by atoms with Crippen LogP contribution in [0.15, 0.2) is 48.5 Å². The monoisotopic (exact) mass is 474 g/mol. The Balaban J connectivity index is 1.44. The average Bonchev–Trinajstić information content (AvgIpc) is 3.08. The van der Waals surface area contributed by atoms with Gasteiger partial charge in [0.05, 0.1) is 5.54 Å². The van der Waals surface area contributed by atoms with Gasteiger partial charge in [0.2, 0.25) is 11.8 Å². The van der Waals surface area contributed by atoms with Crippen molar-refractivity contribution in [3.8, 4) is 0 Å². The van der Waals surface area contributed by atoms with E-state index in [9.17, 15) is 9.59 Å². The van der Waals surface area contributed by atoms with E-state index in [1.165, 1.54) is 43.0 Å². The molecule has 2 atom stereocenters. The molecule has 0 aliphatic carbocycles. The van der Waals surface area contributed by atoms with Crippen LogP contribution in [0.5, 0.6) is 0 Å². The number of hydrogen-bond acceptors (Lipinski definition) is 4. The van der Waals surface area contributed by atoms with Crippen molar-refractivity contribution in [1.29, 1.82) is 0 Å². The predicted octanol–water partition coefficient (Wildman–Crippen LogP) is 4.66. The summed E-state index contributed by atoms with van der Waals surface area (Å²) in [4.78, 5) is 29.5. The van der Waals surface area contributed by atoms with Gasteiger partial charge in [-0.2, -0.15) is 0 Å². The molecule has 5 rings (SSSR count). The quantitative estimate of drug-likeness (QED) is 0.661. The summed E-state index contributed by atoms with van der Waals surface area (Å²) in [6, 6.07) is 17.0. The van der Waals surface area contributed by atoms with Gasteiger partial charge in [0.25, 0.3) is 0 Å². The number of anilines is 2. The van der Waals surface area contributed by atoms with Crippen molar-refractivity contribution in [2.24, 2.45) is 0 Å². The molecule has 2 aromatic rings. The topological polar surface area (TPSA) is 64.7 Å².